The fraction of sp³-hybridized carbons (Fsp3) is 0.111. The first-order valence-corrected chi connectivity index (χ1v) is 4.62. The Bertz CT molecular complexity index is 337. The van der Waals surface area contributed by atoms with Gasteiger partial charge in [-0.25, -0.2) is 4.79 Å². The minimum atomic E-state index is -0.698. The first-order valence-electron chi connectivity index (χ1n) is 3.82. The van der Waals surface area contributed by atoms with Gasteiger partial charge in [0.2, 0.25) is 4.62 Å². The van der Waals surface area contributed by atoms with Gasteiger partial charge in [0, 0.05) is 0 Å². The van der Waals surface area contributed by atoms with Crippen LogP contribution in [0.2, 0.25) is 0 Å². The van der Waals surface area contributed by atoms with Gasteiger partial charge in [0.25, 0.3) is 0 Å². The van der Waals surface area contributed by atoms with Gasteiger partial charge in [0.05, 0.1) is 0 Å². The van der Waals surface area contributed by atoms with E-state index >= 15 is 0 Å². The van der Waals surface area contributed by atoms with Crippen molar-refractivity contribution in [1.29, 1.82) is 0 Å². The summed E-state index contributed by atoms with van der Waals surface area (Å²) in [6.45, 7) is 0.157. The van der Waals surface area contributed by atoms with Gasteiger partial charge in [-0.15, -0.1) is 0 Å². The first-order chi connectivity index (χ1) is 6.74. The molecule has 1 N–H and O–H groups in total. The molecule has 0 radical (unpaired) electrons. The molecule has 0 aliphatic rings. The highest BCUT2D eigenvalue weighted by Crippen LogP contribution is 2.02. The summed E-state index contributed by atoms with van der Waals surface area (Å²) in [5.41, 5.74) is 0.874. The second-order valence-electron chi connectivity index (χ2n) is 2.45. The van der Waals surface area contributed by atoms with Crippen LogP contribution in [0.25, 0.3) is 0 Å². The van der Waals surface area contributed by atoms with Gasteiger partial charge in [0.1, 0.15) is 6.61 Å². The van der Waals surface area contributed by atoms with Gasteiger partial charge in [-0.3, -0.25) is 0 Å². The van der Waals surface area contributed by atoms with Crippen LogP contribution in [0, 0.1) is 0 Å². The molecule has 0 saturated heterocycles. The number of halogens is 1. The summed E-state index contributed by atoms with van der Waals surface area (Å²) in [5.74, 6) is -0.698. The molecular formula is C9H8BrNO3. The molecule has 5 heteroatoms. The average Bonchev–Trinajstić information content (AvgIpc) is 2.26. The van der Waals surface area contributed by atoms with Gasteiger partial charge >= 0.3 is 5.97 Å². The molecule has 0 spiro atoms. The van der Waals surface area contributed by atoms with E-state index < -0.39 is 5.97 Å². The normalized spacial score (nSPS) is 11.1. The Morgan fingerprint density at radius 2 is 2.07 bits per heavy atom. The summed E-state index contributed by atoms with van der Waals surface area (Å²) in [6.07, 6.45) is 0. The maximum Gasteiger partial charge on any atom is 0.368 e. The van der Waals surface area contributed by atoms with Gasteiger partial charge < -0.3 is 9.94 Å². The zero-order valence-electron chi connectivity index (χ0n) is 7.18. The molecule has 1 aromatic rings. The Labute approximate surface area is 89.3 Å². The lowest BCUT2D eigenvalue weighted by atomic mass is 10.2. The minimum absolute atomic E-state index is 0.157. The van der Waals surface area contributed by atoms with E-state index in [1.54, 1.807) is 0 Å². The monoisotopic (exact) mass is 257 g/mol. The van der Waals surface area contributed by atoms with Crippen molar-refractivity contribution in [3.05, 3.63) is 35.9 Å². The van der Waals surface area contributed by atoms with E-state index in [0.717, 1.165) is 5.56 Å². The second kappa shape index (κ2) is 5.39. The third-order valence-electron chi connectivity index (χ3n) is 1.47. The van der Waals surface area contributed by atoms with Crippen molar-refractivity contribution in [2.24, 2.45) is 5.16 Å². The molecule has 14 heavy (non-hydrogen) atoms. The van der Waals surface area contributed by atoms with Crippen molar-refractivity contribution >= 4 is 26.5 Å². The average molecular weight is 258 g/mol. The minimum Gasteiger partial charge on any atom is -0.456 e. The van der Waals surface area contributed by atoms with Crippen LogP contribution in [0.1, 0.15) is 5.56 Å². The molecule has 0 saturated carbocycles. The molecule has 0 amide bonds. The van der Waals surface area contributed by atoms with Crippen LogP contribution in [0.3, 0.4) is 0 Å². The SMILES string of the molecule is O=C(OCc1ccccc1)/C(Br)=N/O. The number of esters is 1. The molecule has 0 aliphatic heterocycles. The molecule has 1 aromatic carbocycles. The van der Waals surface area contributed by atoms with Gasteiger partial charge in [-0.05, 0) is 21.5 Å². The molecule has 1 rings (SSSR count). The number of benzene rings is 1. The smallest absolute Gasteiger partial charge is 0.368 e. The second-order valence-corrected chi connectivity index (χ2v) is 3.20. The number of hydrogen-bond donors (Lipinski definition) is 1. The molecule has 0 aromatic heterocycles. The zero-order chi connectivity index (χ0) is 10.4. The molecule has 0 atom stereocenters. The fourth-order valence-corrected chi connectivity index (χ4v) is 0.938. The highest BCUT2D eigenvalue weighted by molar-refractivity contribution is 9.19. The Morgan fingerprint density at radius 1 is 1.43 bits per heavy atom. The molecule has 74 valence electrons. The van der Waals surface area contributed by atoms with E-state index in [-0.39, 0.29) is 11.2 Å². The predicted octanol–water partition coefficient (Wildman–Crippen LogP) is 1.91. The van der Waals surface area contributed by atoms with Gasteiger partial charge in [-0.2, -0.15) is 0 Å². The lowest BCUT2D eigenvalue weighted by Gasteiger charge is -2.01. The Morgan fingerprint density at radius 3 is 2.64 bits per heavy atom. The topological polar surface area (TPSA) is 58.9 Å². The van der Waals surface area contributed by atoms with Crippen LogP contribution in [0.15, 0.2) is 35.5 Å². The molecule has 0 bridgehead atoms. The number of oxime groups is 1. The van der Waals surface area contributed by atoms with Crippen LogP contribution in [0.5, 0.6) is 0 Å². The number of nitrogens with zero attached hydrogens (tertiary/aromatic N) is 1. The van der Waals surface area contributed by atoms with E-state index in [1.807, 2.05) is 30.3 Å². The zero-order valence-corrected chi connectivity index (χ0v) is 8.77. The van der Waals surface area contributed by atoms with E-state index in [1.165, 1.54) is 0 Å². The summed E-state index contributed by atoms with van der Waals surface area (Å²) in [5, 5.41) is 10.9. The maximum absolute atomic E-state index is 11.0. The predicted molar refractivity (Wildman–Crippen MR) is 54.4 cm³/mol. The van der Waals surface area contributed by atoms with Crippen LogP contribution in [0.4, 0.5) is 0 Å². The van der Waals surface area contributed by atoms with Crippen molar-refractivity contribution in [1.82, 2.24) is 0 Å². The molecule has 0 unspecified atom stereocenters. The van der Waals surface area contributed by atoms with Crippen molar-refractivity contribution in [2.75, 3.05) is 0 Å². The standard InChI is InChI=1S/C9H8BrNO3/c10-8(11-13)9(12)14-6-7-4-2-1-3-5-7/h1-5,13H,6H2/b11-8-. The third-order valence-corrected chi connectivity index (χ3v) is 1.95. The summed E-state index contributed by atoms with van der Waals surface area (Å²) in [4.78, 5) is 11.0. The highest BCUT2D eigenvalue weighted by atomic mass is 79.9. The Kier molecular flexibility index (Phi) is 4.12. The summed E-state index contributed by atoms with van der Waals surface area (Å²) in [6, 6.07) is 9.22. The molecule has 0 fully saturated rings. The van der Waals surface area contributed by atoms with Crippen molar-refractivity contribution < 1.29 is 14.7 Å². The lowest BCUT2D eigenvalue weighted by Crippen LogP contribution is -2.11. The lowest BCUT2D eigenvalue weighted by molar-refractivity contribution is -0.136. The third kappa shape index (κ3) is 3.18. The molecule has 0 heterocycles. The summed E-state index contributed by atoms with van der Waals surface area (Å²) < 4.78 is 4.56. The number of rotatable bonds is 3. The maximum atomic E-state index is 11.0. The largest absolute Gasteiger partial charge is 0.456 e. The van der Waals surface area contributed by atoms with Crippen molar-refractivity contribution in [3.8, 4) is 0 Å². The van der Waals surface area contributed by atoms with E-state index in [4.69, 9.17) is 9.94 Å². The molecular weight excluding hydrogens is 250 g/mol. The van der Waals surface area contributed by atoms with E-state index in [0.29, 0.717) is 0 Å². The number of carbonyl (C=O) groups is 1. The van der Waals surface area contributed by atoms with E-state index in [9.17, 15) is 4.79 Å². The van der Waals surface area contributed by atoms with Crippen molar-refractivity contribution in [2.45, 2.75) is 6.61 Å². The van der Waals surface area contributed by atoms with Crippen LogP contribution in [-0.4, -0.2) is 15.8 Å². The summed E-state index contributed by atoms with van der Waals surface area (Å²) in [7, 11) is 0. The number of carbonyl (C=O) groups excluding carboxylic acids is 1. The number of ether oxygens (including phenoxy) is 1. The highest BCUT2D eigenvalue weighted by Gasteiger charge is 2.09. The van der Waals surface area contributed by atoms with Crippen molar-refractivity contribution in [3.63, 3.8) is 0 Å². The quantitative estimate of drug-likeness (QED) is 0.390. The van der Waals surface area contributed by atoms with E-state index in [2.05, 4.69) is 21.1 Å². The Balaban J connectivity index is 2.46. The molecule has 4 nitrogen and oxygen atoms in total. The van der Waals surface area contributed by atoms with Gasteiger partial charge in [0.15, 0.2) is 0 Å². The molecule has 0 aliphatic carbocycles. The first kappa shape index (κ1) is 10.7. The summed E-state index contributed by atoms with van der Waals surface area (Å²) >= 11 is 2.74. The van der Waals surface area contributed by atoms with Crippen LogP contribution >= 0.6 is 15.9 Å². The van der Waals surface area contributed by atoms with Gasteiger partial charge in [-0.1, -0.05) is 35.5 Å². The van der Waals surface area contributed by atoms with Crippen LogP contribution in [-0.2, 0) is 16.1 Å². The fourth-order valence-electron chi connectivity index (χ4n) is 0.823. The Hall–Kier alpha value is -1.36. The number of hydrogen-bond acceptors (Lipinski definition) is 4. The van der Waals surface area contributed by atoms with Crippen LogP contribution < -0.4 is 0 Å².